The van der Waals surface area contributed by atoms with Crippen molar-refractivity contribution in [1.29, 1.82) is 0 Å². The normalized spacial score (nSPS) is 14.1. The Morgan fingerprint density at radius 1 is 0.282 bits per heavy atom. The zero-order valence-corrected chi connectivity index (χ0v) is 69.4. The van der Waals surface area contributed by atoms with E-state index in [0.717, 1.165) is 102 Å². The maximum atomic E-state index is 13.1. The average molecular weight is 1510 g/mol. The Kier molecular flexibility index (Phi) is 74.1. The maximum Gasteiger partial charge on any atom is 0.472 e. The van der Waals surface area contributed by atoms with Crippen LogP contribution in [0.4, 0.5) is 0 Å². The Morgan fingerprint density at radius 2 is 0.495 bits per heavy atom. The molecule has 0 aromatic carbocycles. The highest BCUT2D eigenvalue weighted by atomic mass is 31.2. The van der Waals surface area contributed by atoms with Crippen molar-refractivity contribution in [3.05, 3.63) is 0 Å². The minimum atomic E-state index is -4.96. The predicted octanol–water partition coefficient (Wildman–Crippen LogP) is 25.5. The van der Waals surface area contributed by atoms with E-state index in [1.54, 1.807) is 0 Å². The van der Waals surface area contributed by atoms with Gasteiger partial charge in [-0.05, 0) is 37.5 Å². The van der Waals surface area contributed by atoms with Crippen molar-refractivity contribution in [1.82, 2.24) is 0 Å². The van der Waals surface area contributed by atoms with E-state index < -0.39 is 97.5 Å². The van der Waals surface area contributed by atoms with Crippen molar-refractivity contribution in [2.75, 3.05) is 39.6 Å². The molecule has 0 aromatic heterocycles. The number of hydrogen-bond acceptors (Lipinski definition) is 15. The molecule has 0 amide bonds. The third-order valence-corrected chi connectivity index (χ3v) is 22.0. The van der Waals surface area contributed by atoms with Gasteiger partial charge in [-0.25, -0.2) is 9.13 Å². The minimum absolute atomic E-state index is 0.108. The number of ether oxygens (including phenoxy) is 4. The maximum absolute atomic E-state index is 13.1. The summed E-state index contributed by atoms with van der Waals surface area (Å²) in [5, 5.41) is 10.7. The number of hydrogen-bond donors (Lipinski definition) is 3. The first-order valence-corrected chi connectivity index (χ1v) is 46.5. The summed E-state index contributed by atoms with van der Waals surface area (Å²) in [4.78, 5) is 73.2. The number of aliphatic hydroxyl groups excluding tert-OH is 1. The monoisotopic (exact) mass is 1510 g/mol. The molecule has 0 saturated heterocycles. The second-order valence-electron chi connectivity index (χ2n) is 30.9. The number of carbonyl (C=O) groups excluding carboxylic acids is 4. The Hall–Kier alpha value is -1.94. The van der Waals surface area contributed by atoms with E-state index >= 15 is 0 Å². The minimum Gasteiger partial charge on any atom is -0.462 e. The first-order valence-electron chi connectivity index (χ1n) is 43.5. The number of phosphoric ester groups is 2. The third-order valence-electron chi connectivity index (χ3n) is 20.1. The Morgan fingerprint density at radius 3 is 0.738 bits per heavy atom. The molecular weight excluding hydrogens is 1340 g/mol. The molecule has 17 nitrogen and oxygen atoms in total. The highest BCUT2D eigenvalue weighted by Crippen LogP contribution is 2.45. The molecule has 0 aliphatic heterocycles. The van der Waals surface area contributed by atoms with Gasteiger partial charge in [0.05, 0.1) is 26.4 Å². The fraction of sp³-hybridized carbons (Fsp3) is 0.952. The van der Waals surface area contributed by atoms with Gasteiger partial charge in [0.25, 0.3) is 0 Å². The summed E-state index contributed by atoms with van der Waals surface area (Å²) in [5.41, 5.74) is 0. The molecule has 3 N–H and O–H groups in total. The molecule has 0 rings (SSSR count). The highest BCUT2D eigenvalue weighted by molar-refractivity contribution is 7.47. The molecule has 0 heterocycles. The van der Waals surface area contributed by atoms with Gasteiger partial charge in [-0.15, -0.1) is 0 Å². The molecule has 0 bridgehead atoms. The van der Waals surface area contributed by atoms with E-state index in [1.807, 2.05) is 0 Å². The van der Waals surface area contributed by atoms with Gasteiger partial charge in [-0.1, -0.05) is 395 Å². The van der Waals surface area contributed by atoms with Crippen molar-refractivity contribution < 1.29 is 80.2 Å². The second kappa shape index (κ2) is 75.5. The van der Waals surface area contributed by atoms with Crippen LogP contribution < -0.4 is 0 Å². The van der Waals surface area contributed by atoms with Crippen LogP contribution in [0.3, 0.4) is 0 Å². The van der Waals surface area contributed by atoms with Crippen LogP contribution in [-0.4, -0.2) is 96.7 Å². The van der Waals surface area contributed by atoms with Crippen LogP contribution in [0.25, 0.3) is 0 Å². The summed E-state index contributed by atoms with van der Waals surface area (Å²) in [6.45, 7) is 9.70. The van der Waals surface area contributed by atoms with Crippen molar-refractivity contribution >= 4 is 39.5 Å². The number of rotatable bonds is 83. The van der Waals surface area contributed by atoms with Gasteiger partial charge in [0.15, 0.2) is 12.2 Å². The highest BCUT2D eigenvalue weighted by Gasteiger charge is 2.30. The lowest BCUT2D eigenvalue weighted by Gasteiger charge is -2.21. The zero-order chi connectivity index (χ0) is 75.6. The van der Waals surface area contributed by atoms with Gasteiger partial charge in [-0.2, -0.15) is 0 Å². The molecule has 0 aliphatic carbocycles. The smallest absolute Gasteiger partial charge is 0.462 e. The number of phosphoric acid groups is 2. The average Bonchev–Trinajstić information content (AvgIpc) is 0.912. The van der Waals surface area contributed by atoms with Crippen molar-refractivity contribution in [2.45, 2.75) is 464 Å². The van der Waals surface area contributed by atoms with E-state index in [9.17, 15) is 43.2 Å². The topological polar surface area (TPSA) is 237 Å². The van der Waals surface area contributed by atoms with Gasteiger partial charge in [0, 0.05) is 25.7 Å². The van der Waals surface area contributed by atoms with Crippen LogP contribution in [-0.2, 0) is 65.4 Å². The molecule has 0 radical (unpaired) electrons. The van der Waals surface area contributed by atoms with Gasteiger partial charge in [-0.3, -0.25) is 37.3 Å². The van der Waals surface area contributed by atoms with Crippen LogP contribution >= 0.6 is 15.6 Å². The molecule has 0 aromatic rings. The molecule has 3 unspecified atom stereocenters. The van der Waals surface area contributed by atoms with Crippen LogP contribution in [0.2, 0.25) is 0 Å². The van der Waals surface area contributed by atoms with Crippen LogP contribution in [0.5, 0.6) is 0 Å². The first kappa shape index (κ1) is 101. The van der Waals surface area contributed by atoms with Crippen LogP contribution in [0, 0.1) is 11.8 Å². The van der Waals surface area contributed by atoms with E-state index in [0.29, 0.717) is 25.7 Å². The van der Waals surface area contributed by atoms with E-state index in [1.165, 1.54) is 263 Å². The van der Waals surface area contributed by atoms with Crippen molar-refractivity contribution in [3.8, 4) is 0 Å². The Balaban J connectivity index is 5.26. The standard InChI is InChI=1S/C84H164O17P2/c1-7-10-12-14-16-18-20-22-24-25-26-27-28-34-38-44-51-57-63-69-84(89)100-79(72-94-81(86)66-60-54-48-42-36-33-30-29-31-35-41-47-53-59-65-77(6)9-3)74-98-102(90,91)96-70-78(85)71-97-103(92,93)99-75-80(73-95-82(87)67-61-55-49-45-39-40-46-52-58-64-76(4)5)101-83(88)68-62-56-50-43-37-32-23-21-19-17-15-13-11-8-2/h76-80,85H,7-75H2,1-6H3,(H,90,91)(H,92,93)/t77?,78-,79-,80-/m1/s1. The molecule has 19 heteroatoms. The van der Waals surface area contributed by atoms with E-state index in [-0.39, 0.29) is 25.7 Å². The largest absolute Gasteiger partial charge is 0.472 e. The molecular formula is C84H164O17P2. The predicted molar refractivity (Wildman–Crippen MR) is 423 cm³/mol. The van der Waals surface area contributed by atoms with E-state index in [2.05, 4.69) is 41.5 Å². The van der Waals surface area contributed by atoms with Gasteiger partial charge in [0.2, 0.25) is 0 Å². The fourth-order valence-electron chi connectivity index (χ4n) is 13.0. The number of esters is 4. The van der Waals surface area contributed by atoms with Crippen molar-refractivity contribution in [3.63, 3.8) is 0 Å². The second-order valence-corrected chi connectivity index (χ2v) is 33.8. The molecule has 103 heavy (non-hydrogen) atoms. The van der Waals surface area contributed by atoms with Gasteiger partial charge < -0.3 is 33.8 Å². The van der Waals surface area contributed by atoms with Gasteiger partial charge >= 0.3 is 39.5 Å². The zero-order valence-electron chi connectivity index (χ0n) is 67.6. The molecule has 6 atom stereocenters. The summed E-state index contributed by atoms with van der Waals surface area (Å²) in [7, 11) is -9.93. The summed E-state index contributed by atoms with van der Waals surface area (Å²) in [5.74, 6) is -0.509. The molecule has 0 fully saturated rings. The third kappa shape index (κ3) is 76.6. The number of unbranched alkanes of at least 4 members (excludes halogenated alkanes) is 52. The SMILES string of the molecule is CCCCCCCCCCCCCCCCCCCCCC(=O)O[C@H](COC(=O)CCCCCCCCCCCCCCCCC(C)CC)COP(=O)(O)OC[C@@H](O)COP(=O)(O)OC[C@@H](COC(=O)CCCCCCCCCCCC(C)C)OC(=O)CCCCCCCCCCCCCCCC. The van der Waals surface area contributed by atoms with Crippen molar-refractivity contribution in [2.24, 2.45) is 11.8 Å². The lowest BCUT2D eigenvalue weighted by molar-refractivity contribution is -0.161. The molecule has 0 spiro atoms. The quantitative estimate of drug-likeness (QED) is 0.0222. The number of aliphatic hydroxyl groups is 1. The van der Waals surface area contributed by atoms with Gasteiger partial charge in [0.1, 0.15) is 19.3 Å². The summed E-state index contributed by atoms with van der Waals surface area (Å²) in [6, 6.07) is 0. The first-order chi connectivity index (χ1) is 49.9. The summed E-state index contributed by atoms with van der Waals surface area (Å²) >= 11 is 0. The van der Waals surface area contributed by atoms with Crippen LogP contribution in [0.15, 0.2) is 0 Å². The molecule has 0 aliphatic rings. The Labute approximate surface area is 632 Å². The van der Waals surface area contributed by atoms with Crippen LogP contribution in [0.1, 0.15) is 446 Å². The lowest BCUT2D eigenvalue weighted by atomic mass is 9.99. The Bertz CT molecular complexity index is 1980. The van der Waals surface area contributed by atoms with E-state index in [4.69, 9.17) is 37.0 Å². The summed E-state index contributed by atoms with van der Waals surface area (Å²) < 4.78 is 68.9. The summed E-state index contributed by atoms with van der Waals surface area (Å²) in [6.07, 6.45) is 66.5. The lowest BCUT2D eigenvalue weighted by Crippen LogP contribution is -2.30. The molecule has 0 saturated carbocycles. The number of carbonyl (C=O) groups is 4. The fourth-order valence-corrected chi connectivity index (χ4v) is 14.6. The molecule has 612 valence electrons.